The van der Waals surface area contributed by atoms with Crippen LogP contribution in [0.3, 0.4) is 0 Å². The minimum Gasteiger partial charge on any atom is -0.361 e. The first-order valence-corrected chi connectivity index (χ1v) is 5.81. The summed E-state index contributed by atoms with van der Waals surface area (Å²) in [4.78, 5) is 23.6. The van der Waals surface area contributed by atoms with Gasteiger partial charge in [0, 0.05) is 16.5 Å². The summed E-state index contributed by atoms with van der Waals surface area (Å²) in [5.74, 6) is 0. The molecule has 0 aliphatic rings. The summed E-state index contributed by atoms with van der Waals surface area (Å²) in [6.45, 7) is 0. The SMILES string of the molecule is CSc1cccc(=O)c2c(=O)osc12. The molecular formula is C9H6O3S2. The van der Waals surface area contributed by atoms with Crippen molar-refractivity contribution in [3.63, 3.8) is 0 Å². The fourth-order valence-electron chi connectivity index (χ4n) is 1.17. The molecule has 0 radical (unpaired) electrons. The lowest BCUT2D eigenvalue weighted by Crippen LogP contribution is -2.04. The van der Waals surface area contributed by atoms with Gasteiger partial charge >= 0.3 is 5.63 Å². The van der Waals surface area contributed by atoms with Crippen LogP contribution in [-0.4, -0.2) is 6.26 Å². The summed E-state index contributed by atoms with van der Waals surface area (Å²) in [7, 11) is 0. The minimum absolute atomic E-state index is 0.157. The van der Waals surface area contributed by atoms with Crippen molar-refractivity contribution in [3.05, 3.63) is 38.8 Å². The lowest BCUT2D eigenvalue weighted by molar-refractivity contribution is 0.650. The van der Waals surface area contributed by atoms with E-state index in [0.29, 0.717) is 4.70 Å². The Morgan fingerprint density at radius 2 is 2.14 bits per heavy atom. The Kier molecular flexibility index (Phi) is 2.43. The molecule has 1 aromatic carbocycles. The fraction of sp³-hybridized carbons (Fsp3) is 0.111. The van der Waals surface area contributed by atoms with E-state index in [4.69, 9.17) is 3.85 Å². The van der Waals surface area contributed by atoms with Crippen molar-refractivity contribution >= 4 is 33.5 Å². The molecule has 0 N–H and O–H groups in total. The normalized spacial score (nSPS) is 10.6. The Balaban J connectivity index is 3.10. The Hall–Kier alpha value is -1.07. The van der Waals surface area contributed by atoms with Crippen LogP contribution in [-0.2, 0) is 0 Å². The third kappa shape index (κ3) is 1.38. The van der Waals surface area contributed by atoms with Gasteiger partial charge in [0.2, 0.25) is 0 Å². The van der Waals surface area contributed by atoms with Gasteiger partial charge in [-0.25, -0.2) is 4.79 Å². The number of thioether (sulfide) groups is 1. The van der Waals surface area contributed by atoms with Crippen LogP contribution in [0, 0.1) is 0 Å². The van der Waals surface area contributed by atoms with Gasteiger partial charge in [0.25, 0.3) is 0 Å². The van der Waals surface area contributed by atoms with Crippen LogP contribution >= 0.6 is 23.4 Å². The van der Waals surface area contributed by atoms with Crippen molar-refractivity contribution < 1.29 is 3.85 Å². The highest BCUT2D eigenvalue weighted by Crippen LogP contribution is 2.25. The van der Waals surface area contributed by atoms with Gasteiger partial charge in [-0.2, -0.15) is 0 Å². The highest BCUT2D eigenvalue weighted by molar-refractivity contribution is 7.99. The molecular weight excluding hydrogens is 220 g/mol. The number of fused-ring (bicyclic) bond motifs is 1. The van der Waals surface area contributed by atoms with E-state index in [1.807, 2.05) is 6.26 Å². The second kappa shape index (κ2) is 3.59. The van der Waals surface area contributed by atoms with Crippen molar-refractivity contribution in [1.82, 2.24) is 0 Å². The summed E-state index contributed by atoms with van der Waals surface area (Å²) in [6.07, 6.45) is 1.89. The van der Waals surface area contributed by atoms with Crippen LogP contribution in [0.2, 0.25) is 0 Å². The Morgan fingerprint density at radius 1 is 1.36 bits per heavy atom. The second-order valence-corrected chi connectivity index (χ2v) is 4.21. The smallest absolute Gasteiger partial charge is 0.360 e. The van der Waals surface area contributed by atoms with Gasteiger partial charge in [-0.3, -0.25) is 4.79 Å². The molecule has 5 heteroatoms. The van der Waals surface area contributed by atoms with E-state index >= 15 is 0 Å². The molecule has 72 valence electrons. The van der Waals surface area contributed by atoms with Gasteiger partial charge in [-0.15, -0.1) is 11.8 Å². The third-order valence-electron chi connectivity index (χ3n) is 1.82. The van der Waals surface area contributed by atoms with Crippen LogP contribution < -0.4 is 11.1 Å². The predicted molar refractivity (Wildman–Crippen MR) is 58.4 cm³/mol. The molecule has 0 unspecified atom stereocenters. The van der Waals surface area contributed by atoms with Crippen LogP contribution in [0.5, 0.6) is 0 Å². The van der Waals surface area contributed by atoms with E-state index in [1.165, 1.54) is 17.8 Å². The van der Waals surface area contributed by atoms with E-state index in [1.54, 1.807) is 12.1 Å². The van der Waals surface area contributed by atoms with Crippen molar-refractivity contribution in [2.24, 2.45) is 0 Å². The lowest BCUT2D eigenvalue weighted by atomic mass is 10.4. The van der Waals surface area contributed by atoms with Crippen LogP contribution in [0.4, 0.5) is 0 Å². The highest BCUT2D eigenvalue weighted by atomic mass is 32.2. The molecule has 0 amide bonds. The maximum Gasteiger partial charge on any atom is 0.360 e. The van der Waals surface area contributed by atoms with Gasteiger partial charge in [0.05, 0.1) is 4.70 Å². The van der Waals surface area contributed by atoms with Crippen molar-refractivity contribution in [3.8, 4) is 0 Å². The largest absolute Gasteiger partial charge is 0.361 e. The zero-order chi connectivity index (χ0) is 10.1. The van der Waals surface area contributed by atoms with E-state index < -0.39 is 5.63 Å². The summed E-state index contributed by atoms with van der Waals surface area (Å²) >= 11 is 2.45. The average Bonchev–Trinajstić information content (AvgIpc) is 2.46. The molecule has 2 aromatic rings. The van der Waals surface area contributed by atoms with Crippen LogP contribution in [0.25, 0.3) is 10.1 Å². The van der Waals surface area contributed by atoms with Gasteiger partial charge < -0.3 is 3.85 Å². The summed E-state index contributed by atoms with van der Waals surface area (Å²) < 4.78 is 5.39. The molecule has 1 heterocycles. The average molecular weight is 226 g/mol. The molecule has 0 saturated carbocycles. The molecule has 0 spiro atoms. The molecule has 0 bridgehead atoms. The van der Waals surface area contributed by atoms with Crippen LogP contribution in [0.1, 0.15) is 0 Å². The molecule has 0 aliphatic carbocycles. The zero-order valence-corrected chi connectivity index (χ0v) is 8.91. The molecule has 0 atom stereocenters. The van der Waals surface area contributed by atoms with Gasteiger partial charge in [0.1, 0.15) is 5.39 Å². The Morgan fingerprint density at radius 3 is 2.86 bits per heavy atom. The maximum absolute atomic E-state index is 11.5. The Labute approximate surface area is 87.6 Å². The second-order valence-electron chi connectivity index (χ2n) is 2.62. The minimum atomic E-state index is -0.540. The van der Waals surface area contributed by atoms with E-state index in [0.717, 1.165) is 16.5 Å². The highest BCUT2D eigenvalue weighted by Gasteiger charge is 2.09. The van der Waals surface area contributed by atoms with Gasteiger partial charge in [-0.1, -0.05) is 6.07 Å². The van der Waals surface area contributed by atoms with E-state index in [-0.39, 0.29) is 10.8 Å². The van der Waals surface area contributed by atoms with E-state index in [9.17, 15) is 9.59 Å². The molecule has 0 fully saturated rings. The van der Waals surface area contributed by atoms with E-state index in [2.05, 4.69) is 0 Å². The monoisotopic (exact) mass is 226 g/mol. The summed E-state index contributed by atoms with van der Waals surface area (Å²) in [6, 6.07) is 4.84. The molecule has 0 saturated heterocycles. The first-order chi connectivity index (χ1) is 6.74. The Bertz CT molecular complexity index is 582. The molecule has 2 rings (SSSR count). The molecule has 14 heavy (non-hydrogen) atoms. The third-order valence-corrected chi connectivity index (χ3v) is 3.55. The summed E-state index contributed by atoms with van der Waals surface area (Å²) in [5.41, 5.74) is -0.822. The maximum atomic E-state index is 11.5. The number of hydrogen-bond donors (Lipinski definition) is 0. The standard InChI is InChI=1S/C9H6O3S2/c1-13-6-4-2-3-5(10)7-8(6)14-12-9(7)11/h2-4H,1H3. The van der Waals surface area contributed by atoms with Gasteiger partial charge in [0.15, 0.2) is 5.43 Å². The fourth-order valence-corrected chi connectivity index (χ4v) is 2.69. The summed E-state index contributed by atoms with van der Waals surface area (Å²) in [5, 5.41) is 0.157. The first-order valence-electron chi connectivity index (χ1n) is 3.84. The van der Waals surface area contributed by atoms with Crippen LogP contribution in [0.15, 0.2) is 36.5 Å². The van der Waals surface area contributed by atoms with Crippen molar-refractivity contribution in [2.45, 2.75) is 4.90 Å². The molecule has 3 nitrogen and oxygen atoms in total. The topological polar surface area (TPSA) is 47.3 Å². The molecule has 0 aliphatic heterocycles. The number of hydrogen-bond acceptors (Lipinski definition) is 5. The van der Waals surface area contributed by atoms with Crippen molar-refractivity contribution in [2.75, 3.05) is 6.26 Å². The first kappa shape index (κ1) is 9.48. The molecule has 1 aromatic heterocycles. The van der Waals surface area contributed by atoms with Gasteiger partial charge in [-0.05, 0) is 18.4 Å². The number of rotatable bonds is 1. The zero-order valence-electron chi connectivity index (χ0n) is 7.27. The predicted octanol–water partition coefficient (Wildman–Crippen LogP) is 1.94. The quantitative estimate of drug-likeness (QED) is 0.697. The lowest BCUT2D eigenvalue weighted by Gasteiger charge is -1.87. The van der Waals surface area contributed by atoms with Crippen molar-refractivity contribution in [1.29, 1.82) is 0 Å².